The van der Waals surface area contributed by atoms with Crippen molar-refractivity contribution < 1.29 is 51.9 Å². The van der Waals surface area contributed by atoms with Crippen LogP contribution in [0.25, 0.3) is 0 Å². The summed E-state index contributed by atoms with van der Waals surface area (Å²) < 4.78 is 46.5. The van der Waals surface area contributed by atoms with E-state index in [9.17, 15) is 48.0 Å². The Bertz CT molecular complexity index is 968. The Labute approximate surface area is 155 Å². The van der Waals surface area contributed by atoms with Gasteiger partial charge in [-0.2, -0.15) is 4.86 Å². The highest BCUT2D eigenvalue weighted by molar-refractivity contribution is 7.69. The fraction of sp³-hybridized carbons (Fsp3) is 0.556. The van der Waals surface area contributed by atoms with Gasteiger partial charge in [0.2, 0.25) is 15.5 Å². The number of hydrogen-bond donors (Lipinski definition) is 3. The average molecular weight is 463 g/mol. The van der Waals surface area contributed by atoms with Gasteiger partial charge in [-0.15, -0.1) is 0 Å². The maximum Gasteiger partial charge on any atom is 0.330 e. The number of ether oxygens (including phenoxy) is 1. The van der Waals surface area contributed by atoms with E-state index in [2.05, 4.69) is 8.83 Å². The maximum atomic E-state index is 11.7. The van der Waals surface area contributed by atoms with Crippen LogP contribution in [0.5, 0.6) is 0 Å². The number of rotatable bonds is 8. The zero-order chi connectivity index (χ0) is 21.3. The number of aromatic nitrogens is 2. The van der Waals surface area contributed by atoms with E-state index in [1.165, 1.54) is 0 Å². The highest BCUT2D eigenvalue weighted by atomic mass is 31.3. The summed E-state index contributed by atoms with van der Waals surface area (Å²) in [5, 5.41) is 9.88. The van der Waals surface area contributed by atoms with E-state index in [-0.39, 0.29) is 6.42 Å². The molecular formula is C9H12N3O13P3-4. The zero-order valence-corrected chi connectivity index (χ0v) is 16.1. The van der Waals surface area contributed by atoms with Gasteiger partial charge in [0.1, 0.15) is 12.3 Å². The van der Waals surface area contributed by atoms with Crippen LogP contribution in [0.1, 0.15) is 12.6 Å². The predicted octanol–water partition coefficient (Wildman–Crippen LogP) is -4.43. The number of aliphatic hydroxyl groups is 1. The Kier molecular flexibility index (Phi) is 6.99. The molecule has 5 atom stereocenters. The third kappa shape index (κ3) is 6.81. The van der Waals surface area contributed by atoms with Crippen LogP contribution in [0, 0.1) is 0 Å². The summed E-state index contributed by atoms with van der Waals surface area (Å²) in [7, 11) is -17.4. The SMILES string of the molecule is O=c1ccn([C@H]2C[C@H](O)[C@@H](COP(=O)([O-])NP(=O)([O-])OP(=O)([O-])[O-])O2)c(=O)[nH]1. The Morgan fingerprint density at radius 1 is 1.25 bits per heavy atom. The number of hydrogen-bond acceptors (Lipinski definition) is 13. The van der Waals surface area contributed by atoms with Crippen LogP contribution in [-0.2, 0) is 27.3 Å². The number of phosphoric acid groups is 1. The number of aliphatic hydroxyl groups excluding tert-OH is 1. The van der Waals surface area contributed by atoms with Crippen molar-refractivity contribution in [3.63, 3.8) is 0 Å². The van der Waals surface area contributed by atoms with Crippen LogP contribution in [0.3, 0.4) is 0 Å². The lowest BCUT2D eigenvalue weighted by molar-refractivity contribution is -0.337. The molecule has 0 saturated carbocycles. The smallest absolute Gasteiger partial charge is 0.330 e. The number of nitrogens with zero attached hydrogens (tertiary/aromatic N) is 1. The molecular weight excluding hydrogens is 451 g/mol. The molecule has 160 valence electrons. The first kappa shape index (κ1) is 23.3. The van der Waals surface area contributed by atoms with E-state index in [0.717, 1.165) is 21.7 Å². The molecule has 0 aliphatic carbocycles. The lowest BCUT2D eigenvalue weighted by Crippen LogP contribution is -2.32. The first-order valence-corrected chi connectivity index (χ1v) is 11.7. The minimum atomic E-state index is -6.05. The molecule has 2 heterocycles. The molecule has 1 aliphatic heterocycles. The van der Waals surface area contributed by atoms with Crippen LogP contribution in [0.15, 0.2) is 21.9 Å². The number of aromatic amines is 1. The molecule has 3 N–H and O–H groups in total. The molecule has 1 fully saturated rings. The van der Waals surface area contributed by atoms with Gasteiger partial charge in [-0.1, -0.05) is 0 Å². The first-order chi connectivity index (χ1) is 12.7. The van der Waals surface area contributed by atoms with Crippen molar-refractivity contribution in [2.24, 2.45) is 0 Å². The summed E-state index contributed by atoms with van der Waals surface area (Å²) in [6.07, 6.45) is -2.90. The molecule has 0 aromatic carbocycles. The van der Waals surface area contributed by atoms with Crippen LogP contribution < -0.4 is 35.7 Å². The number of nitrogens with one attached hydrogen (secondary N) is 2. The average Bonchev–Trinajstić information content (AvgIpc) is 2.82. The summed E-state index contributed by atoms with van der Waals surface area (Å²) in [6, 6.07) is 1.01. The van der Waals surface area contributed by atoms with Crippen LogP contribution in [0.2, 0.25) is 0 Å². The molecule has 1 aromatic heterocycles. The topological polar surface area (TPSA) is 258 Å². The van der Waals surface area contributed by atoms with Crippen molar-refractivity contribution in [3.05, 3.63) is 33.1 Å². The molecule has 0 amide bonds. The third-order valence-corrected chi connectivity index (χ3v) is 7.34. The molecule has 1 saturated heterocycles. The second-order valence-corrected chi connectivity index (χ2v) is 9.96. The molecule has 19 heteroatoms. The summed E-state index contributed by atoms with van der Waals surface area (Å²) in [5.41, 5.74) is -1.53. The van der Waals surface area contributed by atoms with E-state index in [0.29, 0.717) is 0 Å². The van der Waals surface area contributed by atoms with Gasteiger partial charge in [-0.3, -0.25) is 27.8 Å². The van der Waals surface area contributed by atoms with Gasteiger partial charge in [0.25, 0.3) is 5.56 Å². The van der Waals surface area contributed by atoms with Crippen molar-refractivity contribution in [3.8, 4) is 0 Å². The molecule has 0 radical (unpaired) electrons. The Morgan fingerprint density at radius 3 is 2.46 bits per heavy atom. The lowest BCUT2D eigenvalue weighted by Gasteiger charge is -2.39. The zero-order valence-electron chi connectivity index (χ0n) is 13.4. The largest absolute Gasteiger partial charge is 0.790 e. The fourth-order valence-electron chi connectivity index (χ4n) is 2.19. The molecule has 2 unspecified atom stereocenters. The standard InChI is InChI=1S/C9H16N3O13P3/c13-5-3-8(12-2-1-7(14)10-9(12)15)24-6(5)4-23-26(16,17)11-27(18,19)25-28(20,21)22/h1-2,5-6,8,13H,3-4H2,(H,10,14,15)(H2,20,21,22)(H3,11,16,17,18,19)/p-4/t5-,6+,8+/m0/s1. The van der Waals surface area contributed by atoms with Crippen molar-refractivity contribution in [2.45, 2.75) is 24.9 Å². The second-order valence-electron chi connectivity index (χ2n) is 5.37. The summed E-state index contributed by atoms with van der Waals surface area (Å²) in [5.74, 6) is 0. The van der Waals surface area contributed by atoms with Crippen molar-refractivity contribution in [2.75, 3.05) is 6.61 Å². The quantitative estimate of drug-likeness (QED) is 0.307. The monoisotopic (exact) mass is 463 g/mol. The molecule has 1 aliphatic rings. The Hall–Kier alpha value is -0.990. The van der Waals surface area contributed by atoms with Crippen molar-refractivity contribution >= 4 is 23.3 Å². The first-order valence-electron chi connectivity index (χ1n) is 7.12. The molecule has 1 aromatic rings. The van der Waals surface area contributed by atoms with Crippen LogP contribution in [-0.4, -0.2) is 33.5 Å². The molecule has 0 spiro atoms. The van der Waals surface area contributed by atoms with E-state index < -0.39 is 59.6 Å². The Morgan fingerprint density at radius 2 is 1.89 bits per heavy atom. The normalized spacial score (nSPS) is 27.2. The summed E-state index contributed by atoms with van der Waals surface area (Å²) in [6.45, 7) is -0.935. The molecule has 28 heavy (non-hydrogen) atoms. The summed E-state index contributed by atoms with van der Waals surface area (Å²) in [4.78, 5) is 68.6. The molecule has 0 bridgehead atoms. The van der Waals surface area contributed by atoms with Gasteiger partial charge in [0.15, 0.2) is 0 Å². The molecule has 2 rings (SSSR count). The van der Waals surface area contributed by atoms with E-state index >= 15 is 0 Å². The van der Waals surface area contributed by atoms with Crippen molar-refractivity contribution in [1.29, 1.82) is 0 Å². The fourth-order valence-corrected chi connectivity index (χ4v) is 5.49. The number of H-pyrrole nitrogens is 1. The van der Waals surface area contributed by atoms with E-state index in [4.69, 9.17) is 4.74 Å². The van der Waals surface area contributed by atoms with Gasteiger partial charge >= 0.3 is 5.69 Å². The van der Waals surface area contributed by atoms with Gasteiger partial charge in [-0.05, 0) is 0 Å². The third-order valence-electron chi connectivity index (χ3n) is 3.23. The van der Waals surface area contributed by atoms with Crippen LogP contribution >= 0.6 is 23.3 Å². The van der Waals surface area contributed by atoms with Gasteiger partial charge in [0, 0.05) is 18.7 Å². The highest BCUT2D eigenvalue weighted by Crippen LogP contribution is 2.53. The minimum absolute atomic E-state index is 0.199. The Balaban J connectivity index is 1.99. The van der Waals surface area contributed by atoms with Gasteiger partial charge < -0.3 is 38.5 Å². The maximum absolute atomic E-state index is 11.7. The van der Waals surface area contributed by atoms with E-state index in [1.54, 1.807) is 0 Å². The van der Waals surface area contributed by atoms with E-state index in [1.807, 2.05) is 4.98 Å². The van der Waals surface area contributed by atoms with Gasteiger partial charge in [-0.25, -0.2) is 4.79 Å². The summed E-state index contributed by atoms with van der Waals surface area (Å²) >= 11 is 0. The lowest BCUT2D eigenvalue weighted by atomic mass is 10.2. The van der Waals surface area contributed by atoms with Crippen LogP contribution in [0.4, 0.5) is 0 Å². The minimum Gasteiger partial charge on any atom is -0.790 e. The second kappa shape index (κ2) is 8.40. The van der Waals surface area contributed by atoms with Gasteiger partial charge in [0.05, 0.1) is 20.5 Å². The predicted molar refractivity (Wildman–Crippen MR) is 78.8 cm³/mol. The highest BCUT2D eigenvalue weighted by Gasteiger charge is 2.36. The molecule has 16 nitrogen and oxygen atoms in total. The van der Waals surface area contributed by atoms with Crippen molar-refractivity contribution in [1.82, 2.24) is 14.4 Å².